The molecule has 0 aromatic carbocycles. The van der Waals surface area contributed by atoms with Crippen molar-refractivity contribution in [3.63, 3.8) is 0 Å². The SMILES string of the molecule is CN(COP(O)O)CO[P+](=O)O. The Morgan fingerprint density at radius 3 is 2.50 bits per heavy atom. The minimum atomic E-state index is -2.63. The molecule has 1 atom stereocenters. The largest absolute Gasteiger partial charge is 0.696 e. The molecule has 0 saturated carbocycles. The first-order chi connectivity index (χ1) is 5.52. The van der Waals surface area contributed by atoms with Crippen LogP contribution in [0.25, 0.3) is 0 Å². The normalized spacial score (nSPS) is 12.7. The van der Waals surface area contributed by atoms with Crippen LogP contribution in [0.4, 0.5) is 0 Å². The van der Waals surface area contributed by atoms with Crippen molar-refractivity contribution in [3.8, 4) is 0 Å². The van der Waals surface area contributed by atoms with Crippen LogP contribution in [0.1, 0.15) is 0 Å². The van der Waals surface area contributed by atoms with Gasteiger partial charge in [0.1, 0.15) is 6.73 Å². The number of hydrogen-bond donors (Lipinski definition) is 3. The van der Waals surface area contributed by atoms with E-state index in [0.29, 0.717) is 0 Å². The van der Waals surface area contributed by atoms with Gasteiger partial charge in [0.15, 0.2) is 6.73 Å². The second-order valence-corrected chi connectivity index (χ2v) is 3.36. The van der Waals surface area contributed by atoms with Crippen LogP contribution in [0.2, 0.25) is 0 Å². The van der Waals surface area contributed by atoms with Gasteiger partial charge in [-0.25, -0.2) is 0 Å². The monoisotopic (exact) mass is 218 g/mol. The Bertz CT molecular complexity index is 143. The van der Waals surface area contributed by atoms with Crippen molar-refractivity contribution in [2.24, 2.45) is 0 Å². The first-order valence-electron chi connectivity index (χ1n) is 2.80. The molecule has 0 aliphatic carbocycles. The van der Waals surface area contributed by atoms with Gasteiger partial charge in [0.2, 0.25) is 0 Å². The Morgan fingerprint density at radius 2 is 2.08 bits per heavy atom. The van der Waals surface area contributed by atoms with E-state index >= 15 is 0 Å². The molecule has 0 aromatic heterocycles. The second-order valence-electron chi connectivity index (χ2n) is 1.86. The van der Waals surface area contributed by atoms with Crippen LogP contribution in [0.3, 0.4) is 0 Å². The average molecular weight is 218 g/mol. The van der Waals surface area contributed by atoms with Crippen LogP contribution >= 0.6 is 16.9 Å². The van der Waals surface area contributed by atoms with E-state index in [-0.39, 0.29) is 13.5 Å². The quantitative estimate of drug-likeness (QED) is 0.416. The van der Waals surface area contributed by atoms with Crippen molar-refractivity contribution in [2.75, 3.05) is 20.5 Å². The van der Waals surface area contributed by atoms with Crippen molar-refractivity contribution in [2.45, 2.75) is 0 Å². The van der Waals surface area contributed by atoms with Gasteiger partial charge in [0.25, 0.3) is 0 Å². The predicted molar refractivity (Wildman–Crippen MR) is 40.8 cm³/mol. The molecule has 12 heavy (non-hydrogen) atoms. The highest BCUT2D eigenvalue weighted by Gasteiger charge is 2.13. The van der Waals surface area contributed by atoms with Gasteiger partial charge >= 0.3 is 16.9 Å². The van der Waals surface area contributed by atoms with E-state index in [1.54, 1.807) is 0 Å². The maximum atomic E-state index is 10.0. The smallest absolute Gasteiger partial charge is 0.328 e. The molecule has 0 rings (SSSR count). The van der Waals surface area contributed by atoms with Gasteiger partial charge in [-0.1, -0.05) is 0 Å². The lowest BCUT2D eigenvalue weighted by atomic mass is 10.9. The summed E-state index contributed by atoms with van der Waals surface area (Å²) in [4.78, 5) is 26.2. The summed E-state index contributed by atoms with van der Waals surface area (Å²) in [5, 5.41) is 0. The summed E-state index contributed by atoms with van der Waals surface area (Å²) >= 11 is 0. The van der Waals surface area contributed by atoms with E-state index in [1.165, 1.54) is 11.9 Å². The minimum absolute atomic E-state index is 0.0815. The Kier molecular flexibility index (Phi) is 6.93. The van der Waals surface area contributed by atoms with Gasteiger partial charge < -0.3 is 9.79 Å². The van der Waals surface area contributed by atoms with Crippen molar-refractivity contribution in [1.82, 2.24) is 4.90 Å². The zero-order valence-electron chi connectivity index (χ0n) is 6.32. The molecule has 7 nitrogen and oxygen atoms in total. The number of rotatable bonds is 6. The zero-order chi connectivity index (χ0) is 9.56. The van der Waals surface area contributed by atoms with Crippen molar-refractivity contribution in [3.05, 3.63) is 0 Å². The molecule has 3 N–H and O–H groups in total. The van der Waals surface area contributed by atoms with Crippen LogP contribution in [0.15, 0.2) is 0 Å². The summed E-state index contributed by atoms with van der Waals surface area (Å²) in [5.74, 6) is 0. The first-order valence-corrected chi connectivity index (χ1v) is 5.10. The number of hydrogen-bond acceptors (Lipinski definition) is 6. The molecule has 0 aromatic rings. The maximum absolute atomic E-state index is 10.0. The van der Waals surface area contributed by atoms with Gasteiger partial charge in [-0.05, 0) is 7.05 Å². The van der Waals surface area contributed by atoms with Crippen LogP contribution in [0, 0.1) is 0 Å². The highest BCUT2D eigenvalue weighted by Crippen LogP contribution is 2.24. The standard InChI is InChI=1S/C3H9NO6P2/c1-4(2-9-11(5)6)3-10-12(7)8/h5-6H,2-3H2,1H3/p+1. The van der Waals surface area contributed by atoms with E-state index in [1.807, 2.05) is 0 Å². The fraction of sp³-hybridized carbons (Fsp3) is 1.00. The van der Waals surface area contributed by atoms with Gasteiger partial charge in [0, 0.05) is 4.57 Å². The molecular formula is C3H10NO6P2+. The van der Waals surface area contributed by atoms with Gasteiger partial charge in [-0.2, -0.15) is 0 Å². The van der Waals surface area contributed by atoms with Gasteiger partial charge in [-0.15, -0.1) is 9.42 Å². The topological polar surface area (TPSA) is 99.5 Å². The van der Waals surface area contributed by atoms with E-state index in [0.717, 1.165) is 0 Å². The van der Waals surface area contributed by atoms with Crippen LogP contribution in [0.5, 0.6) is 0 Å². The van der Waals surface area contributed by atoms with Crippen molar-refractivity contribution < 1.29 is 28.3 Å². The van der Waals surface area contributed by atoms with Crippen LogP contribution < -0.4 is 0 Å². The average Bonchev–Trinajstić information content (AvgIpc) is 1.96. The summed E-state index contributed by atoms with van der Waals surface area (Å²) in [7, 11) is -3.49. The molecule has 1 unspecified atom stereocenters. The van der Waals surface area contributed by atoms with Crippen LogP contribution in [-0.2, 0) is 13.6 Å². The third-order valence-electron chi connectivity index (χ3n) is 0.782. The summed E-state index contributed by atoms with van der Waals surface area (Å²) in [6.45, 7) is -0.198. The van der Waals surface area contributed by atoms with Gasteiger partial charge in [0.05, 0.1) is 0 Å². The molecule has 0 fully saturated rings. The van der Waals surface area contributed by atoms with Crippen molar-refractivity contribution >= 4 is 16.9 Å². The Balaban J connectivity index is 3.33. The molecular weight excluding hydrogens is 208 g/mol. The lowest BCUT2D eigenvalue weighted by Gasteiger charge is -2.12. The van der Waals surface area contributed by atoms with E-state index in [9.17, 15) is 4.57 Å². The molecule has 72 valence electrons. The third-order valence-corrected chi connectivity index (χ3v) is 1.46. The predicted octanol–water partition coefficient (Wildman–Crippen LogP) is -0.272. The summed E-state index contributed by atoms with van der Waals surface area (Å²) in [6.07, 6.45) is 0. The Morgan fingerprint density at radius 1 is 1.50 bits per heavy atom. The summed E-state index contributed by atoms with van der Waals surface area (Å²) in [6, 6.07) is 0. The lowest BCUT2D eigenvalue weighted by Crippen LogP contribution is -2.22. The van der Waals surface area contributed by atoms with E-state index < -0.39 is 16.9 Å². The maximum Gasteiger partial charge on any atom is 0.696 e. The molecule has 0 heterocycles. The van der Waals surface area contributed by atoms with Crippen molar-refractivity contribution in [1.29, 1.82) is 0 Å². The molecule has 0 spiro atoms. The molecule has 0 bridgehead atoms. The molecule has 0 aliphatic rings. The van der Waals surface area contributed by atoms with E-state index in [4.69, 9.17) is 14.7 Å². The summed E-state index contributed by atoms with van der Waals surface area (Å²) < 4.78 is 18.7. The lowest BCUT2D eigenvalue weighted by molar-refractivity contribution is 0.0675. The zero-order valence-corrected chi connectivity index (χ0v) is 8.11. The fourth-order valence-corrected chi connectivity index (χ4v) is 0.932. The molecule has 0 amide bonds. The highest BCUT2D eigenvalue weighted by molar-refractivity contribution is 7.39. The summed E-state index contributed by atoms with van der Waals surface area (Å²) in [5.41, 5.74) is 0. The minimum Gasteiger partial charge on any atom is -0.328 e. The Hall–Kier alpha value is 0.290. The molecule has 9 heteroatoms. The fourth-order valence-electron chi connectivity index (χ4n) is 0.335. The van der Waals surface area contributed by atoms with Crippen LogP contribution in [-0.4, -0.2) is 40.1 Å². The second kappa shape index (κ2) is 6.77. The molecule has 0 aliphatic heterocycles. The highest BCUT2D eigenvalue weighted by atomic mass is 31.2. The van der Waals surface area contributed by atoms with Gasteiger partial charge in [-0.3, -0.25) is 9.42 Å². The Labute approximate surface area is 71.5 Å². The van der Waals surface area contributed by atoms with E-state index in [2.05, 4.69) is 9.05 Å². The third kappa shape index (κ3) is 8.39. The molecule has 0 radical (unpaired) electrons. The first kappa shape index (κ1) is 12.3. The molecule has 0 saturated heterocycles. The number of nitrogens with zero attached hydrogens (tertiary/aromatic N) is 1.